The van der Waals surface area contributed by atoms with Crippen LogP contribution < -0.4 is 10.1 Å². The predicted molar refractivity (Wildman–Crippen MR) is 87.4 cm³/mol. The van der Waals surface area contributed by atoms with Crippen LogP contribution in [-0.2, 0) is 9.84 Å². The number of rotatable bonds is 2. The largest absolute Gasteiger partial charge is 0.493 e. The Morgan fingerprint density at radius 2 is 2.13 bits per heavy atom. The van der Waals surface area contributed by atoms with Gasteiger partial charge in [-0.05, 0) is 18.9 Å². The van der Waals surface area contributed by atoms with E-state index in [1.54, 1.807) is 4.90 Å². The molecule has 23 heavy (non-hydrogen) atoms. The minimum atomic E-state index is -3.10. The second kappa shape index (κ2) is 6.03. The van der Waals surface area contributed by atoms with Gasteiger partial charge in [0.05, 0.1) is 17.9 Å². The number of aryl methyl sites for hydroxylation is 1. The van der Waals surface area contributed by atoms with Crippen molar-refractivity contribution in [2.75, 3.05) is 26.0 Å². The maximum atomic E-state index is 12.5. The van der Waals surface area contributed by atoms with Crippen molar-refractivity contribution in [3.8, 4) is 5.75 Å². The van der Waals surface area contributed by atoms with Gasteiger partial charge in [0.1, 0.15) is 5.75 Å². The number of nitrogens with one attached hydrogen (secondary N) is 1. The van der Waals surface area contributed by atoms with Gasteiger partial charge in [0, 0.05) is 31.3 Å². The van der Waals surface area contributed by atoms with Crippen LogP contribution in [0.15, 0.2) is 18.2 Å². The quantitative estimate of drug-likeness (QED) is 0.889. The van der Waals surface area contributed by atoms with Crippen molar-refractivity contribution in [2.45, 2.75) is 31.1 Å². The molecule has 0 spiro atoms. The zero-order valence-electron chi connectivity index (χ0n) is 13.4. The lowest BCUT2D eigenvalue weighted by atomic mass is 9.98. The van der Waals surface area contributed by atoms with Crippen LogP contribution in [-0.4, -0.2) is 50.6 Å². The third kappa shape index (κ3) is 3.29. The average molecular weight is 338 g/mol. The van der Waals surface area contributed by atoms with Crippen molar-refractivity contribution in [1.29, 1.82) is 0 Å². The van der Waals surface area contributed by atoms with Gasteiger partial charge in [-0.3, -0.25) is 0 Å². The number of benzene rings is 1. The number of fused-ring (bicyclic) bond motifs is 1. The number of para-hydroxylation sites is 1. The van der Waals surface area contributed by atoms with Gasteiger partial charge in [-0.15, -0.1) is 0 Å². The van der Waals surface area contributed by atoms with Crippen molar-refractivity contribution < 1.29 is 17.9 Å². The molecule has 7 heteroatoms. The van der Waals surface area contributed by atoms with Crippen LogP contribution in [0.4, 0.5) is 4.79 Å². The van der Waals surface area contributed by atoms with E-state index in [0.717, 1.165) is 16.9 Å². The molecule has 1 aromatic carbocycles. The van der Waals surface area contributed by atoms with Crippen molar-refractivity contribution in [2.24, 2.45) is 0 Å². The molecule has 2 aliphatic rings. The Balaban J connectivity index is 1.70. The molecule has 2 aliphatic heterocycles. The van der Waals surface area contributed by atoms with Gasteiger partial charge in [-0.25, -0.2) is 13.2 Å². The number of carbonyl (C=O) groups is 1. The number of nitrogens with zero attached hydrogens (tertiary/aromatic N) is 1. The monoisotopic (exact) mass is 338 g/mol. The SMILES string of the molecule is Cc1cccc2c1OCC[C@@H]2NC(=O)N1CCC(S(C)(=O)=O)C1. The highest BCUT2D eigenvalue weighted by molar-refractivity contribution is 7.91. The summed E-state index contributed by atoms with van der Waals surface area (Å²) in [6, 6.07) is 5.62. The molecule has 1 fully saturated rings. The van der Waals surface area contributed by atoms with Crippen molar-refractivity contribution >= 4 is 15.9 Å². The third-order valence-electron chi connectivity index (χ3n) is 4.61. The fourth-order valence-electron chi connectivity index (χ4n) is 3.23. The Bertz CT molecular complexity index is 717. The van der Waals surface area contributed by atoms with Gasteiger partial charge in [0.15, 0.2) is 9.84 Å². The highest BCUT2D eigenvalue weighted by Gasteiger charge is 2.34. The summed E-state index contributed by atoms with van der Waals surface area (Å²) in [7, 11) is -3.10. The molecule has 0 bridgehead atoms. The Kier molecular flexibility index (Phi) is 4.23. The highest BCUT2D eigenvalue weighted by atomic mass is 32.2. The van der Waals surface area contributed by atoms with E-state index in [2.05, 4.69) is 5.32 Å². The summed E-state index contributed by atoms with van der Waals surface area (Å²) in [6.07, 6.45) is 2.46. The first-order valence-electron chi connectivity index (χ1n) is 7.83. The number of hydrogen-bond acceptors (Lipinski definition) is 4. The Morgan fingerprint density at radius 1 is 1.35 bits per heavy atom. The molecular weight excluding hydrogens is 316 g/mol. The van der Waals surface area contributed by atoms with Crippen LogP contribution in [0.2, 0.25) is 0 Å². The molecule has 126 valence electrons. The van der Waals surface area contributed by atoms with E-state index in [4.69, 9.17) is 4.74 Å². The lowest BCUT2D eigenvalue weighted by molar-refractivity contribution is 0.195. The van der Waals surface area contributed by atoms with Gasteiger partial charge >= 0.3 is 6.03 Å². The van der Waals surface area contributed by atoms with Crippen LogP contribution >= 0.6 is 0 Å². The van der Waals surface area contributed by atoms with E-state index in [0.29, 0.717) is 26.0 Å². The van der Waals surface area contributed by atoms with E-state index >= 15 is 0 Å². The zero-order valence-corrected chi connectivity index (χ0v) is 14.2. The van der Waals surface area contributed by atoms with Crippen LogP contribution in [0.5, 0.6) is 5.75 Å². The maximum Gasteiger partial charge on any atom is 0.317 e. The van der Waals surface area contributed by atoms with Crippen LogP contribution in [0.1, 0.15) is 30.0 Å². The van der Waals surface area contributed by atoms with Gasteiger partial charge < -0.3 is 15.0 Å². The topological polar surface area (TPSA) is 75.7 Å². The minimum absolute atomic E-state index is 0.0940. The molecule has 1 unspecified atom stereocenters. The number of amides is 2. The number of ether oxygens (including phenoxy) is 1. The summed E-state index contributed by atoms with van der Waals surface area (Å²) < 4.78 is 28.9. The van der Waals surface area contributed by atoms with Gasteiger partial charge in [-0.2, -0.15) is 0 Å². The average Bonchev–Trinajstić information content (AvgIpc) is 2.98. The van der Waals surface area contributed by atoms with Crippen molar-refractivity contribution in [1.82, 2.24) is 10.2 Å². The predicted octanol–water partition coefficient (Wildman–Crippen LogP) is 1.65. The number of sulfone groups is 1. The molecule has 6 nitrogen and oxygen atoms in total. The normalized spacial score (nSPS) is 24.0. The van der Waals surface area contributed by atoms with Crippen molar-refractivity contribution in [3.05, 3.63) is 29.3 Å². The molecule has 2 atom stereocenters. The minimum Gasteiger partial charge on any atom is -0.493 e. The fourth-order valence-corrected chi connectivity index (χ4v) is 4.22. The van der Waals surface area contributed by atoms with E-state index in [9.17, 15) is 13.2 Å². The summed E-state index contributed by atoms with van der Waals surface area (Å²) in [5.74, 6) is 0.847. The Hall–Kier alpha value is -1.76. The lowest BCUT2D eigenvalue weighted by Gasteiger charge is -2.29. The molecule has 0 aromatic heterocycles. The third-order valence-corrected chi connectivity index (χ3v) is 6.20. The van der Waals surface area contributed by atoms with Crippen LogP contribution in [0.25, 0.3) is 0 Å². The number of urea groups is 1. The lowest BCUT2D eigenvalue weighted by Crippen LogP contribution is -2.42. The summed E-state index contributed by atoms with van der Waals surface area (Å²) in [4.78, 5) is 14.1. The summed E-state index contributed by atoms with van der Waals surface area (Å²) in [5.41, 5.74) is 2.04. The number of carbonyl (C=O) groups excluding carboxylic acids is 1. The fraction of sp³-hybridized carbons (Fsp3) is 0.562. The van der Waals surface area contributed by atoms with E-state index in [1.165, 1.54) is 6.26 Å². The van der Waals surface area contributed by atoms with E-state index in [1.807, 2.05) is 25.1 Å². The standard InChI is InChI=1S/C16H22N2O4S/c1-11-4-3-5-13-14(7-9-22-15(11)13)17-16(19)18-8-6-12(10-18)23(2,20)21/h3-5,12,14H,6-10H2,1-2H3,(H,17,19)/t12?,14-/m0/s1. The molecule has 0 saturated carbocycles. The second-order valence-electron chi connectivity index (χ2n) is 6.32. The molecule has 2 amide bonds. The van der Waals surface area contributed by atoms with E-state index in [-0.39, 0.29) is 18.6 Å². The summed E-state index contributed by atoms with van der Waals surface area (Å²) >= 11 is 0. The van der Waals surface area contributed by atoms with Crippen LogP contribution in [0, 0.1) is 6.92 Å². The van der Waals surface area contributed by atoms with Gasteiger partial charge in [0.25, 0.3) is 0 Å². The first-order valence-corrected chi connectivity index (χ1v) is 9.78. The van der Waals surface area contributed by atoms with Crippen molar-refractivity contribution in [3.63, 3.8) is 0 Å². The molecule has 1 N–H and O–H groups in total. The molecule has 0 radical (unpaired) electrons. The van der Waals surface area contributed by atoms with Crippen LogP contribution in [0.3, 0.4) is 0 Å². The Labute approximate surface area is 136 Å². The number of likely N-dealkylation sites (tertiary alicyclic amines) is 1. The molecule has 1 saturated heterocycles. The summed E-state index contributed by atoms with van der Waals surface area (Å²) in [5, 5.41) is 2.58. The second-order valence-corrected chi connectivity index (χ2v) is 8.64. The summed E-state index contributed by atoms with van der Waals surface area (Å²) in [6.45, 7) is 3.30. The molecule has 1 aromatic rings. The molecule has 0 aliphatic carbocycles. The smallest absolute Gasteiger partial charge is 0.317 e. The van der Waals surface area contributed by atoms with E-state index < -0.39 is 15.1 Å². The molecule has 3 rings (SSSR count). The number of hydrogen-bond donors (Lipinski definition) is 1. The maximum absolute atomic E-state index is 12.5. The first-order chi connectivity index (χ1) is 10.9. The van der Waals surface area contributed by atoms with Gasteiger partial charge in [-0.1, -0.05) is 18.2 Å². The highest BCUT2D eigenvalue weighted by Crippen LogP contribution is 2.34. The molecule has 2 heterocycles. The van der Waals surface area contributed by atoms with Gasteiger partial charge in [0.2, 0.25) is 0 Å². The molecular formula is C16H22N2O4S. The first kappa shape index (κ1) is 16.1. The zero-order chi connectivity index (χ0) is 16.6. The Morgan fingerprint density at radius 3 is 2.83 bits per heavy atom.